The molecule has 0 unspecified atom stereocenters. The second-order valence-electron chi connectivity index (χ2n) is 8.67. The highest BCUT2D eigenvalue weighted by Gasteiger charge is 2.38. The number of alkyl halides is 3. The van der Waals surface area contributed by atoms with Crippen LogP contribution in [0, 0.1) is 10.1 Å². The van der Waals surface area contributed by atoms with Crippen LogP contribution in [0.2, 0.25) is 5.02 Å². The Labute approximate surface area is 238 Å². The van der Waals surface area contributed by atoms with Crippen molar-refractivity contribution in [3.05, 3.63) is 68.7 Å². The van der Waals surface area contributed by atoms with Gasteiger partial charge in [0.1, 0.15) is 10.9 Å². The first-order valence-electron chi connectivity index (χ1n) is 11.9. The number of hydrogen-bond donors (Lipinski definition) is 2. The van der Waals surface area contributed by atoms with Crippen LogP contribution in [0.25, 0.3) is 0 Å². The number of carboxylic acid groups (broad SMARTS) is 1. The number of aliphatic imine (C=N–C) groups is 1. The molecule has 1 amide bonds. The number of hydrogen-bond acceptors (Lipinski definition) is 8. The molecule has 0 radical (unpaired) electrons. The van der Waals surface area contributed by atoms with Gasteiger partial charge in [-0.25, -0.2) is 17.5 Å². The van der Waals surface area contributed by atoms with Crippen LogP contribution in [0.5, 0.6) is 0 Å². The molecule has 1 aliphatic heterocycles. The summed E-state index contributed by atoms with van der Waals surface area (Å²) >= 11 is 5.76. The number of carbonyl (C=O) groups is 2. The zero-order valence-electron chi connectivity index (χ0n) is 21.9. The maximum Gasteiger partial charge on any atom is 0.490 e. The Bertz CT molecular complexity index is 1400. The van der Waals surface area contributed by atoms with E-state index in [4.69, 9.17) is 21.5 Å². The Morgan fingerprint density at radius 2 is 1.76 bits per heavy atom. The van der Waals surface area contributed by atoms with Gasteiger partial charge < -0.3 is 15.3 Å². The first kappa shape index (κ1) is 33.4. The maximum absolute atomic E-state index is 12.8. The number of carbonyl (C=O) groups excluding carboxylic acids is 1. The van der Waals surface area contributed by atoms with Crippen molar-refractivity contribution >= 4 is 45.0 Å². The number of halogens is 4. The van der Waals surface area contributed by atoms with Crippen LogP contribution < -0.4 is 5.32 Å². The molecular formula is C24H27ClF3N5O7S. The van der Waals surface area contributed by atoms with Crippen LogP contribution in [-0.4, -0.2) is 91.8 Å². The van der Waals surface area contributed by atoms with E-state index in [1.807, 2.05) is 24.3 Å². The third kappa shape index (κ3) is 9.68. The van der Waals surface area contributed by atoms with E-state index in [1.54, 1.807) is 11.9 Å². The number of carboxylic acids is 1. The SMILES string of the molecule is CN(CCc1ccc(C2=NCCN2)cc1)C(=O)CCN(C)S(=O)(=O)c1ccc(Cl)c([N+](=O)[O-])c1.O=C(O)C(F)(F)F. The van der Waals surface area contributed by atoms with E-state index < -0.39 is 32.8 Å². The fraction of sp³-hybridized carbons (Fsp3) is 0.375. The Morgan fingerprint density at radius 3 is 2.27 bits per heavy atom. The Balaban J connectivity index is 0.000000745. The monoisotopic (exact) mass is 621 g/mol. The Hall–Kier alpha value is -3.76. The number of nitro groups is 1. The largest absolute Gasteiger partial charge is 0.490 e. The molecule has 0 spiro atoms. The third-order valence-corrected chi connectivity index (χ3v) is 7.94. The quantitative estimate of drug-likeness (QED) is 0.302. The molecule has 0 atom stereocenters. The zero-order chi connectivity index (χ0) is 31.0. The lowest BCUT2D eigenvalue weighted by Gasteiger charge is -2.20. The van der Waals surface area contributed by atoms with Crippen LogP contribution in [0.3, 0.4) is 0 Å². The third-order valence-electron chi connectivity index (χ3n) is 5.77. The average molecular weight is 622 g/mol. The van der Waals surface area contributed by atoms with Crippen LogP contribution in [0.1, 0.15) is 17.5 Å². The topological polar surface area (TPSA) is 163 Å². The van der Waals surface area contributed by atoms with Gasteiger partial charge in [0.05, 0.1) is 16.4 Å². The average Bonchev–Trinajstić information content (AvgIpc) is 3.45. The number of amides is 1. The lowest BCUT2D eigenvalue weighted by Crippen LogP contribution is -2.34. The lowest BCUT2D eigenvalue weighted by molar-refractivity contribution is -0.384. The predicted molar refractivity (Wildman–Crippen MR) is 143 cm³/mol. The summed E-state index contributed by atoms with van der Waals surface area (Å²) in [7, 11) is -1.02. The van der Waals surface area contributed by atoms with Crippen molar-refractivity contribution in [2.45, 2.75) is 23.9 Å². The molecule has 1 aliphatic rings. The number of nitro benzene ring substituents is 1. The van der Waals surface area contributed by atoms with Gasteiger partial charge in [-0.05, 0) is 24.1 Å². The molecule has 1 heterocycles. The highest BCUT2D eigenvalue weighted by atomic mass is 35.5. The Morgan fingerprint density at radius 1 is 1.15 bits per heavy atom. The summed E-state index contributed by atoms with van der Waals surface area (Å²) in [6.45, 7) is 2.04. The summed E-state index contributed by atoms with van der Waals surface area (Å²) < 4.78 is 58.3. The smallest absolute Gasteiger partial charge is 0.475 e. The van der Waals surface area contributed by atoms with Gasteiger partial charge in [0, 0.05) is 51.8 Å². The molecule has 17 heteroatoms. The second kappa shape index (κ2) is 14.2. The molecule has 224 valence electrons. The van der Waals surface area contributed by atoms with Crippen molar-refractivity contribution < 1.29 is 41.2 Å². The fourth-order valence-electron chi connectivity index (χ4n) is 3.38. The van der Waals surface area contributed by atoms with E-state index in [-0.39, 0.29) is 28.8 Å². The van der Waals surface area contributed by atoms with Crippen LogP contribution in [0.4, 0.5) is 18.9 Å². The van der Waals surface area contributed by atoms with Crippen molar-refractivity contribution in [2.75, 3.05) is 40.3 Å². The van der Waals surface area contributed by atoms with Gasteiger partial charge in [0.25, 0.3) is 5.69 Å². The van der Waals surface area contributed by atoms with E-state index in [1.165, 1.54) is 19.2 Å². The summed E-state index contributed by atoms with van der Waals surface area (Å²) in [6, 6.07) is 11.3. The zero-order valence-corrected chi connectivity index (χ0v) is 23.5. The minimum Gasteiger partial charge on any atom is -0.475 e. The molecule has 0 aromatic heterocycles. The second-order valence-corrected chi connectivity index (χ2v) is 11.1. The summed E-state index contributed by atoms with van der Waals surface area (Å²) in [5.74, 6) is -2.07. The molecular weight excluding hydrogens is 595 g/mol. The highest BCUT2D eigenvalue weighted by Crippen LogP contribution is 2.28. The summed E-state index contributed by atoms with van der Waals surface area (Å²) in [6.07, 6.45) is -4.45. The number of nitrogens with one attached hydrogen (secondary N) is 1. The normalized spacial score (nSPS) is 13.1. The fourth-order valence-corrected chi connectivity index (χ4v) is 4.76. The van der Waals surface area contributed by atoms with Gasteiger partial charge in [0.15, 0.2) is 0 Å². The number of sulfonamides is 1. The molecule has 2 aromatic carbocycles. The maximum atomic E-state index is 12.8. The van der Waals surface area contributed by atoms with E-state index in [2.05, 4.69) is 10.3 Å². The number of amidine groups is 1. The molecule has 0 aliphatic carbocycles. The van der Waals surface area contributed by atoms with Crippen molar-refractivity contribution in [1.82, 2.24) is 14.5 Å². The van der Waals surface area contributed by atoms with Gasteiger partial charge in [-0.15, -0.1) is 0 Å². The number of aliphatic carboxylic acids is 1. The Kier molecular flexibility index (Phi) is 11.6. The highest BCUT2D eigenvalue weighted by molar-refractivity contribution is 7.89. The van der Waals surface area contributed by atoms with Crippen LogP contribution in [-0.2, 0) is 26.0 Å². The minimum atomic E-state index is -5.08. The van der Waals surface area contributed by atoms with E-state index in [9.17, 15) is 36.5 Å². The van der Waals surface area contributed by atoms with E-state index in [0.717, 1.165) is 40.4 Å². The van der Waals surface area contributed by atoms with Crippen molar-refractivity contribution in [1.29, 1.82) is 0 Å². The summed E-state index contributed by atoms with van der Waals surface area (Å²) in [5.41, 5.74) is 1.61. The van der Waals surface area contributed by atoms with E-state index in [0.29, 0.717) is 13.0 Å². The lowest BCUT2D eigenvalue weighted by atomic mass is 10.1. The van der Waals surface area contributed by atoms with Crippen LogP contribution in [0.15, 0.2) is 52.4 Å². The molecule has 41 heavy (non-hydrogen) atoms. The van der Waals surface area contributed by atoms with Crippen LogP contribution >= 0.6 is 11.6 Å². The number of benzene rings is 2. The summed E-state index contributed by atoms with van der Waals surface area (Å²) in [5, 5.41) is 21.3. The first-order valence-corrected chi connectivity index (χ1v) is 13.7. The predicted octanol–water partition coefficient (Wildman–Crippen LogP) is 2.94. The number of likely N-dealkylation sites (N-methyl/N-ethyl adjacent to an activating group) is 1. The molecule has 0 bridgehead atoms. The van der Waals surface area contributed by atoms with Gasteiger partial charge in [-0.1, -0.05) is 35.9 Å². The van der Waals surface area contributed by atoms with E-state index >= 15 is 0 Å². The van der Waals surface area contributed by atoms with Crippen molar-refractivity contribution in [2.24, 2.45) is 4.99 Å². The molecule has 0 saturated carbocycles. The number of nitrogens with zero attached hydrogens (tertiary/aromatic N) is 4. The van der Waals surface area contributed by atoms with Crippen molar-refractivity contribution in [3.63, 3.8) is 0 Å². The minimum absolute atomic E-state index is 0.0215. The summed E-state index contributed by atoms with van der Waals surface area (Å²) in [4.78, 5) is 37.4. The van der Waals surface area contributed by atoms with Gasteiger partial charge in [-0.3, -0.25) is 19.9 Å². The molecule has 3 rings (SSSR count). The molecule has 12 nitrogen and oxygen atoms in total. The number of rotatable bonds is 10. The molecule has 0 fully saturated rings. The molecule has 2 aromatic rings. The standard InChI is InChI=1S/C22H26ClN5O5S.C2HF3O2/c1-26(13-9-16-3-5-17(6-4-16)22-24-11-12-25-22)21(29)10-14-27(2)34(32,33)18-7-8-19(23)20(15-18)28(30)31;3-2(4,5)1(6)7/h3-8,15H,9-14H2,1-2H3,(H,24,25);(H,6,7). The van der Waals surface area contributed by atoms with Gasteiger partial charge in [0.2, 0.25) is 15.9 Å². The van der Waals surface area contributed by atoms with Crippen molar-refractivity contribution in [3.8, 4) is 0 Å². The molecule has 2 N–H and O–H groups in total. The van der Waals surface area contributed by atoms with Gasteiger partial charge >= 0.3 is 12.1 Å². The first-order chi connectivity index (χ1) is 19.0. The molecule has 0 saturated heterocycles. The van der Waals surface area contributed by atoms with Gasteiger partial charge in [-0.2, -0.15) is 13.2 Å².